The van der Waals surface area contributed by atoms with Gasteiger partial charge in [-0.15, -0.1) is 0 Å². The zero-order valence-electron chi connectivity index (χ0n) is 19.5. The molecule has 0 radical (unpaired) electrons. The van der Waals surface area contributed by atoms with E-state index in [9.17, 15) is 9.59 Å². The largest absolute Gasteiger partial charge is 0.391 e. The molecule has 0 saturated heterocycles. The van der Waals surface area contributed by atoms with E-state index >= 15 is 0 Å². The molecule has 0 aromatic heterocycles. The van der Waals surface area contributed by atoms with Gasteiger partial charge in [0.25, 0.3) is 0 Å². The maximum atomic E-state index is 12.6. The molecule has 0 aliphatic rings. The topological polar surface area (TPSA) is 111 Å². The van der Waals surface area contributed by atoms with E-state index < -0.39 is 18.0 Å². The van der Waals surface area contributed by atoms with Crippen LogP contribution < -0.4 is 16.8 Å². The summed E-state index contributed by atoms with van der Waals surface area (Å²) in [5.74, 6) is 0.457. The maximum Gasteiger partial charge on any atom is 0.330 e. The molecule has 32 heavy (non-hydrogen) atoms. The van der Waals surface area contributed by atoms with Crippen molar-refractivity contribution in [1.29, 1.82) is 0 Å². The Hall–Kier alpha value is -1.10. The van der Waals surface area contributed by atoms with Gasteiger partial charge in [-0.2, -0.15) is 24.4 Å². The van der Waals surface area contributed by atoms with Crippen molar-refractivity contribution in [1.82, 2.24) is 10.2 Å². The molecule has 0 spiro atoms. The summed E-state index contributed by atoms with van der Waals surface area (Å²) in [6, 6.07) is 9.23. The summed E-state index contributed by atoms with van der Waals surface area (Å²) in [6.07, 6.45) is 3.40. The fourth-order valence-corrected chi connectivity index (χ4v) is 3.79. The first-order valence-electron chi connectivity index (χ1n) is 11.2. The minimum atomic E-state index is -0.786. The van der Waals surface area contributed by atoms with Crippen molar-refractivity contribution in [3.63, 3.8) is 0 Å². The van der Waals surface area contributed by atoms with Gasteiger partial charge in [0.2, 0.25) is 0 Å². The van der Waals surface area contributed by atoms with E-state index in [1.807, 2.05) is 41.5 Å². The van der Waals surface area contributed by atoms with Crippen LogP contribution in [0, 0.1) is 5.92 Å². The van der Waals surface area contributed by atoms with Gasteiger partial charge in [-0.1, -0.05) is 50.6 Å². The molecule has 0 aliphatic heterocycles. The minimum absolute atomic E-state index is 0.00309. The Labute approximate surface area is 202 Å². The van der Waals surface area contributed by atoms with Crippen LogP contribution in [0.2, 0.25) is 0 Å². The highest BCUT2D eigenvalue weighted by Crippen LogP contribution is 2.13. The van der Waals surface area contributed by atoms with Gasteiger partial charge >= 0.3 is 11.9 Å². The van der Waals surface area contributed by atoms with Crippen molar-refractivity contribution in [3.8, 4) is 0 Å². The van der Waals surface area contributed by atoms with Crippen LogP contribution in [0.1, 0.15) is 32.3 Å². The lowest BCUT2D eigenvalue weighted by Crippen LogP contribution is -2.50. The predicted molar refractivity (Wildman–Crippen MR) is 137 cm³/mol. The first-order chi connectivity index (χ1) is 15.3. The Morgan fingerprint density at radius 1 is 1.25 bits per heavy atom. The van der Waals surface area contributed by atoms with Crippen LogP contribution in [-0.4, -0.2) is 72.4 Å². The summed E-state index contributed by atoms with van der Waals surface area (Å²) < 4.78 is 5.06. The highest BCUT2D eigenvalue weighted by atomic mass is 32.2. The van der Waals surface area contributed by atoms with Gasteiger partial charge in [-0.25, -0.2) is 4.79 Å². The van der Waals surface area contributed by atoms with Crippen LogP contribution in [0.4, 0.5) is 0 Å². The molecule has 1 aromatic carbocycles. The SMILES string of the molecule is CCC(C)C(CN(CC(=O)OC(=O)[C@@H](N)CCSC)Cc1ccccc1)NC[C@@H](N)CS. The predicted octanol–water partition coefficient (Wildman–Crippen LogP) is 1.90. The van der Waals surface area contributed by atoms with Crippen LogP contribution >= 0.6 is 24.4 Å². The van der Waals surface area contributed by atoms with Gasteiger partial charge in [0, 0.05) is 37.5 Å². The summed E-state index contributed by atoms with van der Waals surface area (Å²) in [6.45, 7) is 6.15. The second-order valence-corrected chi connectivity index (χ2v) is 9.53. The van der Waals surface area contributed by atoms with Crippen LogP contribution in [0.5, 0.6) is 0 Å². The quantitative estimate of drug-likeness (QED) is 0.160. The Balaban J connectivity index is 2.85. The number of rotatable bonds is 16. The molecule has 0 aliphatic carbocycles. The summed E-state index contributed by atoms with van der Waals surface area (Å²) in [5, 5.41) is 3.54. The molecule has 0 saturated carbocycles. The molecule has 0 fully saturated rings. The molecule has 0 heterocycles. The van der Waals surface area contributed by atoms with Gasteiger partial charge in [-0.3, -0.25) is 9.69 Å². The van der Waals surface area contributed by atoms with E-state index in [0.717, 1.165) is 17.7 Å². The first-order valence-corrected chi connectivity index (χ1v) is 13.2. The van der Waals surface area contributed by atoms with Crippen molar-refractivity contribution >= 4 is 36.3 Å². The second-order valence-electron chi connectivity index (χ2n) is 8.18. The number of nitrogens with two attached hydrogens (primary N) is 2. The first kappa shape index (κ1) is 28.9. The van der Waals surface area contributed by atoms with Gasteiger partial charge in [-0.05, 0) is 29.9 Å². The molecule has 1 rings (SSSR count). The number of thioether (sulfide) groups is 1. The van der Waals surface area contributed by atoms with Crippen molar-refractivity contribution in [2.75, 3.05) is 37.4 Å². The van der Waals surface area contributed by atoms with Crippen molar-refractivity contribution in [2.45, 2.75) is 51.4 Å². The molecule has 1 aromatic rings. The fraction of sp³-hybridized carbons (Fsp3) is 0.652. The lowest BCUT2D eigenvalue weighted by molar-refractivity contribution is -0.161. The number of nitrogens with zero attached hydrogens (tertiary/aromatic N) is 1. The van der Waals surface area contributed by atoms with Crippen LogP contribution in [-0.2, 0) is 20.9 Å². The Morgan fingerprint density at radius 2 is 1.94 bits per heavy atom. The Kier molecular flexibility index (Phi) is 14.9. The molecular weight excluding hydrogens is 444 g/mol. The number of benzene rings is 1. The van der Waals surface area contributed by atoms with E-state index in [1.165, 1.54) is 0 Å². The molecule has 7 nitrogen and oxygen atoms in total. The smallest absolute Gasteiger partial charge is 0.330 e. The monoisotopic (exact) mass is 484 g/mol. The number of esters is 2. The molecule has 182 valence electrons. The molecule has 9 heteroatoms. The Morgan fingerprint density at radius 3 is 2.53 bits per heavy atom. The van der Waals surface area contributed by atoms with Crippen LogP contribution in [0.25, 0.3) is 0 Å². The Bertz CT molecular complexity index is 666. The third-order valence-corrected chi connectivity index (χ3v) is 6.53. The summed E-state index contributed by atoms with van der Waals surface area (Å²) in [5.41, 5.74) is 13.0. The van der Waals surface area contributed by atoms with Crippen molar-refractivity contribution in [2.24, 2.45) is 17.4 Å². The van der Waals surface area contributed by atoms with E-state index in [1.54, 1.807) is 11.8 Å². The average molecular weight is 485 g/mol. The van der Waals surface area contributed by atoms with E-state index in [2.05, 4.69) is 31.8 Å². The number of ether oxygens (including phenoxy) is 1. The third-order valence-electron chi connectivity index (χ3n) is 5.41. The van der Waals surface area contributed by atoms with E-state index in [4.69, 9.17) is 16.2 Å². The average Bonchev–Trinajstić information content (AvgIpc) is 2.79. The van der Waals surface area contributed by atoms with E-state index in [-0.39, 0.29) is 18.6 Å². The van der Waals surface area contributed by atoms with Crippen molar-refractivity contribution < 1.29 is 14.3 Å². The van der Waals surface area contributed by atoms with Gasteiger partial charge in [0.15, 0.2) is 0 Å². The number of carbonyl (C=O) groups excluding carboxylic acids is 2. The summed E-state index contributed by atoms with van der Waals surface area (Å²) in [7, 11) is 0. The summed E-state index contributed by atoms with van der Waals surface area (Å²) >= 11 is 5.86. The van der Waals surface area contributed by atoms with Crippen LogP contribution in [0.3, 0.4) is 0 Å². The zero-order valence-corrected chi connectivity index (χ0v) is 21.2. The number of nitrogens with one attached hydrogen (secondary N) is 1. The minimum Gasteiger partial charge on any atom is -0.391 e. The molecule has 2 unspecified atom stereocenters. The van der Waals surface area contributed by atoms with E-state index in [0.29, 0.717) is 37.7 Å². The van der Waals surface area contributed by atoms with Gasteiger partial charge in [0.05, 0.1) is 6.54 Å². The molecule has 4 atom stereocenters. The fourth-order valence-electron chi connectivity index (χ4n) is 3.17. The lowest BCUT2D eigenvalue weighted by atomic mass is 9.98. The second kappa shape index (κ2) is 16.5. The number of hydrogen-bond acceptors (Lipinski definition) is 9. The molecule has 5 N–H and O–H groups in total. The van der Waals surface area contributed by atoms with Crippen molar-refractivity contribution in [3.05, 3.63) is 35.9 Å². The molecule has 0 bridgehead atoms. The van der Waals surface area contributed by atoms with Crippen LogP contribution in [0.15, 0.2) is 30.3 Å². The van der Waals surface area contributed by atoms with Gasteiger partial charge < -0.3 is 21.5 Å². The third kappa shape index (κ3) is 11.7. The number of thiol groups is 1. The van der Waals surface area contributed by atoms with Gasteiger partial charge in [0.1, 0.15) is 6.04 Å². The normalized spacial score (nSPS) is 15.2. The maximum absolute atomic E-state index is 12.6. The number of hydrogen-bond donors (Lipinski definition) is 4. The highest BCUT2D eigenvalue weighted by molar-refractivity contribution is 7.98. The lowest BCUT2D eigenvalue weighted by Gasteiger charge is -2.31. The molecule has 0 amide bonds. The number of carbonyl (C=O) groups is 2. The molecular formula is C23H40N4O3S2. The summed E-state index contributed by atoms with van der Waals surface area (Å²) in [4.78, 5) is 26.7. The zero-order chi connectivity index (χ0) is 23.9. The highest BCUT2D eigenvalue weighted by Gasteiger charge is 2.24. The standard InChI is InChI=1S/C23H40N4O3S2/c1-4-17(2)21(26-12-19(24)16-31)14-27(13-18-8-6-5-7-9-18)15-22(28)30-23(29)20(25)10-11-32-3/h5-9,17,19-21,26,31H,4,10-16,24-25H2,1-3H3/t17?,19-,20+,21?/m1/s1.